The van der Waals surface area contributed by atoms with Crippen molar-refractivity contribution in [3.63, 3.8) is 0 Å². The summed E-state index contributed by atoms with van der Waals surface area (Å²) in [4.78, 5) is 0. The van der Waals surface area contributed by atoms with E-state index in [4.69, 9.17) is 12.2 Å². The molecule has 74 valence electrons. The quantitative estimate of drug-likeness (QED) is 0.771. The highest BCUT2D eigenvalue weighted by Crippen LogP contribution is 1.97. The van der Waals surface area contributed by atoms with Crippen LogP contribution < -0.4 is 0 Å². The lowest BCUT2D eigenvalue weighted by atomic mass is 10.5. The molecule has 0 aliphatic carbocycles. The van der Waals surface area contributed by atoms with Crippen molar-refractivity contribution < 1.29 is 0 Å². The Bertz CT molecular complexity index is 452. The summed E-state index contributed by atoms with van der Waals surface area (Å²) in [6, 6.07) is 1.90. The Labute approximate surface area is 86.4 Å². The van der Waals surface area contributed by atoms with Gasteiger partial charge in [-0.05, 0) is 25.2 Å². The predicted octanol–water partition coefficient (Wildman–Crippen LogP) is 1.15. The Kier molecular flexibility index (Phi) is 2.45. The van der Waals surface area contributed by atoms with Crippen molar-refractivity contribution in [1.29, 1.82) is 0 Å². The molecule has 14 heavy (non-hydrogen) atoms. The zero-order valence-corrected chi connectivity index (χ0v) is 8.66. The summed E-state index contributed by atoms with van der Waals surface area (Å²) in [5, 5.41) is 10.9. The molecule has 0 amide bonds. The van der Waals surface area contributed by atoms with Gasteiger partial charge in [0.25, 0.3) is 0 Å². The first-order chi connectivity index (χ1) is 6.77. The van der Waals surface area contributed by atoms with E-state index in [1.165, 1.54) is 0 Å². The van der Waals surface area contributed by atoms with Crippen LogP contribution in [0, 0.1) is 11.7 Å². The highest BCUT2D eigenvalue weighted by Gasteiger charge is 2.00. The number of hydrogen-bond donors (Lipinski definition) is 1. The summed E-state index contributed by atoms with van der Waals surface area (Å²) >= 11 is 5.08. The van der Waals surface area contributed by atoms with Crippen molar-refractivity contribution in [2.75, 3.05) is 0 Å². The van der Waals surface area contributed by atoms with Crippen molar-refractivity contribution in [1.82, 2.24) is 24.5 Å². The zero-order chi connectivity index (χ0) is 9.97. The van der Waals surface area contributed by atoms with Gasteiger partial charge in [0, 0.05) is 18.9 Å². The van der Waals surface area contributed by atoms with Gasteiger partial charge in [-0.1, -0.05) is 0 Å². The molecule has 0 aromatic carbocycles. The van der Waals surface area contributed by atoms with Crippen LogP contribution in [-0.4, -0.2) is 24.5 Å². The van der Waals surface area contributed by atoms with Crippen molar-refractivity contribution in [2.24, 2.45) is 0 Å². The third-order valence-electron chi connectivity index (χ3n) is 2.06. The van der Waals surface area contributed by atoms with Gasteiger partial charge in [-0.3, -0.25) is 9.78 Å². The Morgan fingerprint density at radius 1 is 1.50 bits per heavy atom. The summed E-state index contributed by atoms with van der Waals surface area (Å²) in [6.07, 6.45) is 3.69. The second kappa shape index (κ2) is 3.75. The number of nitrogens with zero attached hydrogens (tertiary/aromatic N) is 4. The minimum atomic E-state index is 0.662. The van der Waals surface area contributed by atoms with Gasteiger partial charge in [0.15, 0.2) is 4.77 Å². The van der Waals surface area contributed by atoms with Gasteiger partial charge < -0.3 is 4.57 Å². The number of aryl methyl sites for hydroxylation is 2. The second-order valence-corrected chi connectivity index (χ2v) is 3.38. The van der Waals surface area contributed by atoms with Gasteiger partial charge in [0.2, 0.25) is 0 Å². The number of aromatic amines is 1. The van der Waals surface area contributed by atoms with Crippen LogP contribution in [0.15, 0.2) is 18.5 Å². The summed E-state index contributed by atoms with van der Waals surface area (Å²) in [5.41, 5.74) is 0. The molecule has 6 heteroatoms. The van der Waals surface area contributed by atoms with Crippen LogP contribution in [0.3, 0.4) is 0 Å². The summed E-state index contributed by atoms with van der Waals surface area (Å²) in [7, 11) is 0. The maximum atomic E-state index is 5.08. The number of aromatic nitrogens is 5. The SMILES string of the molecule is Cc1n[nH]c(=S)n1CCn1cccn1. The van der Waals surface area contributed by atoms with Crippen LogP contribution in [0.2, 0.25) is 0 Å². The maximum Gasteiger partial charge on any atom is 0.195 e. The van der Waals surface area contributed by atoms with E-state index in [0.717, 1.165) is 18.9 Å². The summed E-state index contributed by atoms with van der Waals surface area (Å²) in [5.74, 6) is 0.905. The van der Waals surface area contributed by atoms with E-state index in [0.29, 0.717) is 4.77 Å². The predicted molar refractivity (Wildman–Crippen MR) is 54.4 cm³/mol. The highest BCUT2D eigenvalue weighted by atomic mass is 32.1. The average Bonchev–Trinajstić information content (AvgIpc) is 2.76. The van der Waals surface area contributed by atoms with Crippen molar-refractivity contribution in [3.05, 3.63) is 29.1 Å². The third kappa shape index (κ3) is 1.74. The fourth-order valence-corrected chi connectivity index (χ4v) is 1.56. The molecule has 0 aliphatic rings. The van der Waals surface area contributed by atoms with Gasteiger partial charge in [0.1, 0.15) is 5.82 Å². The van der Waals surface area contributed by atoms with Gasteiger partial charge in [0.05, 0.1) is 6.54 Å². The van der Waals surface area contributed by atoms with Gasteiger partial charge >= 0.3 is 0 Å². The number of nitrogens with one attached hydrogen (secondary N) is 1. The molecule has 0 atom stereocenters. The van der Waals surface area contributed by atoms with E-state index < -0.39 is 0 Å². The first-order valence-corrected chi connectivity index (χ1v) is 4.77. The van der Waals surface area contributed by atoms with Crippen molar-refractivity contribution >= 4 is 12.2 Å². The minimum absolute atomic E-state index is 0.662. The highest BCUT2D eigenvalue weighted by molar-refractivity contribution is 7.71. The maximum absolute atomic E-state index is 5.08. The molecule has 0 radical (unpaired) electrons. The van der Waals surface area contributed by atoms with Gasteiger partial charge in [-0.25, -0.2) is 0 Å². The molecular weight excluding hydrogens is 198 g/mol. The van der Waals surface area contributed by atoms with E-state index in [-0.39, 0.29) is 0 Å². The summed E-state index contributed by atoms with van der Waals surface area (Å²) in [6.45, 7) is 3.53. The Hall–Kier alpha value is -1.43. The fraction of sp³-hybridized carbons (Fsp3) is 0.375. The number of H-pyrrole nitrogens is 1. The van der Waals surface area contributed by atoms with E-state index in [9.17, 15) is 0 Å². The van der Waals surface area contributed by atoms with Crippen LogP contribution in [-0.2, 0) is 13.1 Å². The summed E-state index contributed by atoms with van der Waals surface area (Å²) < 4.78 is 4.49. The molecule has 2 aromatic rings. The Morgan fingerprint density at radius 3 is 2.93 bits per heavy atom. The molecule has 2 rings (SSSR count). The normalized spacial score (nSPS) is 10.6. The van der Waals surface area contributed by atoms with Crippen LogP contribution >= 0.6 is 12.2 Å². The Balaban J connectivity index is 2.09. The van der Waals surface area contributed by atoms with E-state index in [1.54, 1.807) is 6.20 Å². The first-order valence-electron chi connectivity index (χ1n) is 4.36. The lowest BCUT2D eigenvalue weighted by Crippen LogP contribution is -2.09. The Morgan fingerprint density at radius 2 is 2.36 bits per heavy atom. The van der Waals surface area contributed by atoms with Gasteiger partial charge in [-0.15, -0.1) is 0 Å². The molecule has 0 aliphatic heterocycles. The topological polar surface area (TPSA) is 51.4 Å². The van der Waals surface area contributed by atoms with Crippen LogP contribution in [0.1, 0.15) is 5.82 Å². The van der Waals surface area contributed by atoms with E-state index >= 15 is 0 Å². The molecule has 5 nitrogen and oxygen atoms in total. The largest absolute Gasteiger partial charge is 0.303 e. The number of hydrogen-bond acceptors (Lipinski definition) is 3. The molecule has 2 aromatic heterocycles. The van der Waals surface area contributed by atoms with Crippen LogP contribution in [0.5, 0.6) is 0 Å². The van der Waals surface area contributed by atoms with Gasteiger partial charge in [-0.2, -0.15) is 10.2 Å². The molecule has 0 saturated carbocycles. The second-order valence-electron chi connectivity index (χ2n) is 3.00. The molecule has 0 saturated heterocycles. The molecule has 0 fully saturated rings. The van der Waals surface area contributed by atoms with Crippen molar-refractivity contribution in [2.45, 2.75) is 20.0 Å². The lowest BCUT2D eigenvalue weighted by molar-refractivity contribution is 0.522. The standard InChI is InChI=1S/C8H11N5S/c1-7-10-11-8(14)13(7)6-5-12-4-2-3-9-12/h2-4H,5-6H2,1H3,(H,11,14). The molecule has 2 heterocycles. The molecule has 1 N–H and O–H groups in total. The van der Waals surface area contributed by atoms with Crippen LogP contribution in [0.4, 0.5) is 0 Å². The fourth-order valence-electron chi connectivity index (χ4n) is 1.29. The van der Waals surface area contributed by atoms with Crippen LogP contribution in [0.25, 0.3) is 0 Å². The lowest BCUT2D eigenvalue weighted by Gasteiger charge is -2.03. The smallest absolute Gasteiger partial charge is 0.195 e. The minimum Gasteiger partial charge on any atom is -0.303 e. The molecule has 0 unspecified atom stereocenters. The number of rotatable bonds is 3. The van der Waals surface area contributed by atoms with E-state index in [1.807, 2.05) is 28.4 Å². The monoisotopic (exact) mass is 209 g/mol. The molecule has 0 spiro atoms. The zero-order valence-electron chi connectivity index (χ0n) is 7.84. The average molecular weight is 209 g/mol. The molecule has 0 bridgehead atoms. The van der Waals surface area contributed by atoms with E-state index in [2.05, 4.69) is 15.3 Å². The first kappa shape index (κ1) is 9.14. The van der Waals surface area contributed by atoms with Crippen molar-refractivity contribution in [3.8, 4) is 0 Å². The third-order valence-corrected chi connectivity index (χ3v) is 2.37. The molecular formula is C8H11N5S.